The number of piperazine rings is 1. The van der Waals surface area contributed by atoms with E-state index in [1.165, 1.54) is 11.8 Å². The van der Waals surface area contributed by atoms with Gasteiger partial charge >= 0.3 is 6.18 Å². The molecule has 162 valence electrons. The number of rotatable bonds is 5. The Morgan fingerprint density at radius 1 is 1.03 bits per heavy atom. The molecule has 30 heavy (non-hydrogen) atoms. The average molecular weight is 459 g/mol. The third kappa shape index (κ3) is 5.35. The zero-order valence-corrected chi connectivity index (χ0v) is 17.9. The van der Waals surface area contributed by atoms with E-state index in [0.717, 1.165) is 33.0 Å². The lowest BCUT2D eigenvalue weighted by molar-refractivity contribution is -0.137. The summed E-state index contributed by atoms with van der Waals surface area (Å²) >= 11 is 1.41. The maximum atomic E-state index is 12.9. The number of sulfonamides is 1. The predicted molar refractivity (Wildman–Crippen MR) is 109 cm³/mol. The Hall–Kier alpha value is -2.04. The summed E-state index contributed by atoms with van der Waals surface area (Å²) in [5.74, 6) is 0.139. The number of benzene rings is 2. The van der Waals surface area contributed by atoms with Crippen molar-refractivity contribution < 1.29 is 26.4 Å². The van der Waals surface area contributed by atoms with Gasteiger partial charge in [0.2, 0.25) is 15.9 Å². The van der Waals surface area contributed by atoms with Crippen LogP contribution < -0.4 is 0 Å². The number of aryl methyl sites for hydroxylation is 1. The Bertz CT molecular complexity index is 1000. The van der Waals surface area contributed by atoms with Crippen LogP contribution >= 0.6 is 11.8 Å². The number of carbonyl (C=O) groups excluding carboxylic acids is 1. The van der Waals surface area contributed by atoms with Crippen molar-refractivity contribution in [2.75, 3.05) is 31.9 Å². The first-order chi connectivity index (χ1) is 14.1. The van der Waals surface area contributed by atoms with Gasteiger partial charge in [-0.2, -0.15) is 17.5 Å². The third-order valence-electron chi connectivity index (χ3n) is 4.77. The monoisotopic (exact) mass is 458 g/mol. The van der Waals surface area contributed by atoms with Gasteiger partial charge in [-0.1, -0.05) is 23.8 Å². The van der Waals surface area contributed by atoms with Gasteiger partial charge in [0.05, 0.1) is 16.2 Å². The van der Waals surface area contributed by atoms with Crippen molar-refractivity contribution in [2.24, 2.45) is 0 Å². The molecule has 0 unspecified atom stereocenters. The summed E-state index contributed by atoms with van der Waals surface area (Å²) in [4.78, 5) is 14.6. The molecule has 1 heterocycles. The van der Waals surface area contributed by atoms with Gasteiger partial charge < -0.3 is 4.90 Å². The topological polar surface area (TPSA) is 57.7 Å². The molecule has 0 saturated carbocycles. The molecule has 1 amide bonds. The largest absolute Gasteiger partial charge is 0.416 e. The van der Waals surface area contributed by atoms with Crippen molar-refractivity contribution in [1.29, 1.82) is 0 Å². The number of hydrogen-bond acceptors (Lipinski definition) is 4. The van der Waals surface area contributed by atoms with Crippen LogP contribution in [-0.4, -0.2) is 55.5 Å². The molecule has 1 aliphatic rings. The maximum absolute atomic E-state index is 12.9. The molecule has 0 N–H and O–H groups in total. The zero-order chi connectivity index (χ0) is 21.9. The number of amides is 1. The maximum Gasteiger partial charge on any atom is 0.416 e. The van der Waals surface area contributed by atoms with Crippen LogP contribution in [-0.2, 0) is 21.0 Å². The molecular weight excluding hydrogens is 437 g/mol. The van der Waals surface area contributed by atoms with E-state index < -0.39 is 26.7 Å². The number of nitrogens with zero attached hydrogens (tertiary/aromatic N) is 2. The fourth-order valence-electron chi connectivity index (χ4n) is 3.03. The first kappa shape index (κ1) is 22.6. The smallest absolute Gasteiger partial charge is 0.339 e. The first-order valence-corrected chi connectivity index (χ1v) is 11.6. The summed E-state index contributed by atoms with van der Waals surface area (Å²) < 4.78 is 65.3. The van der Waals surface area contributed by atoms with Gasteiger partial charge in [-0.25, -0.2) is 8.42 Å². The second kappa shape index (κ2) is 8.99. The van der Waals surface area contributed by atoms with E-state index >= 15 is 0 Å². The quantitative estimate of drug-likeness (QED) is 0.642. The van der Waals surface area contributed by atoms with Gasteiger partial charge in [0.25, 0.3) is 0 Å². The zero-order valence-electron chi connectivity index (χ0n) is 16.2. The molecule has 10 heteroatoms. The van der Waals surface area contributed by atoms with Gasteiger partial charge in [-0.15, -0.1) is 11.8 Å². The van der Waals surface area contributed by atoms with E-state index in [0.29, 0.717) is 6.07 Å². The second-order valence-electron chi connectivity index (χ2n) is 6.91. The van der Waals surface area contributed by atoms with Crippen LogP contribution in [0.15, 0.2) is 58.3 Å². The molecule has 0 radical (unpaired) electrons. The van der Waals surface area contributed by atoms with E-state index in [1.807, 2.05) is 31.2 Å². The van der Waals surface area contributed by atoms with E-state index in [-0.39, 0.29) is 37.8 Å². The molecule has 1 aliphatic heterocycles. The van der Waals surface area contributed by atoms with Crippen molar-refractivity contribution in [3.8, 4) is 0 Å². The number of hydrogen-bond donors (Lipinski definition) is 0. The minimum Gasteiger partial charge on any atom is -0.339 e. The van der Waals surface area contributed by atoms with Gasteiger partial charge in [-0.05, 0) is 37.3 Å². The van der Waals surface area contributed by atoms with Crippen molar-refractivity contribution >= 4 is 27.7 Å². The van der Waals surface area contributed by atoms with Gasteiger partial charge in [-0.3, -0.25) is 4.79 Å². The van der Waals surface area contributed by atoms with E-state index in [2.05, 4.69) is 0 Å². The molecule has 0 spiro atoms. The Kier molecular flexibility index (Phi) is 6.78. The summed E-state index contributed by atoms with van der Waals surface area (Å²) in [6.07, 6.45) is -4.62. The summed E-state index contributed by atoms with van der Waals surface area (Å²) in [5.41, 5.74) is 0.120. The molecule has 1 fully saturated rings. The number of thioether (sulfide) groups is 1. The lowest BCUT2D eigenvalue weighted by atomic mass is 10.2. The van der Waals surface area contributed by atoms with Crippen LogP contribution in [0.5, 0.6) is 0 Å². The Labute approximate surface area is 177 Å². The molecule has 2 aromatic rings. The predicted octanol–water partition coefficient (Wildman–Crippen LogP) is 3.64. The van der Waals surface area contributed by atoms with Gasteiger partial charge in [0, 0.05) is 31.1 Å². The number of carbonyl (C=O) groups is 1. The highest BCUT2D eigenvalue weighted by Crippen LogP contribution is 2.31. The number of halogens is 3. The second-order valence-corrected chi connectivity index (χ2v) is 9.90. The Balaban J connectivity index is 1.59. The molecular formula is C20H21F3N2O3S2. The van der Waals surface area contributed by atoms with Crippen LogP contribution in [0.25, 0.3) is 0 Å². The number of alkyl halides is 3. The molecule has 1 saturated heterocycles. The highest BCUT2D eigenvalue weighted by Gasteiger charge is 2.34. The first-order valence-electron chi connectivity index (χ1n) is 9.22. The van der Waals surface area contributed by atoms with Crippen LogP contribution in [0.1, 0.15) is 11.1 Å². The minimum absolute atomic E-state index is 0.0412. The summed E-state index contributed by atoms with van der Waals surface area (Å²) in [7, 11) is -4.06. The van der Waals surface area contributed by atoms with Crippen LogP contribution in [0.4, 0.5) is 13.2 Å². The molecule has 2 aromatic carbocycles. The highest BCUT2D eigenvalue weighted by atomic mass is 32.2. The summed E-state index contributed by atoms with van der Waals surface area (Å²) in [6, 6.07) is 11.5. The van der Waals surface area contributed by atoms with Crippen molar-refractivity contribution in [1.82, 2.24) is 9.21 Å². The standard InChI is InChI=1S/C20H21F3N2O3S2/c1-15-5-7-17(8-6-15)29-14-19(26)24-9-11-25(12-10-24)30(27,28)18-4-2-3-16(13-18)20(21,22)23/h2-8,13H,9-12,14H2,1H3. The van der Waals surface area contributed by atoms with Crippen LogP contribution in [0, 0.1) is 6.92 Å². The molecule has 5 nitrogen and oxygen atoms in total. The van der Waals surface area contributed by atoms with Gasteiger partial charge in [0.15, 0.2) is 0 Å². The Morgan fingerprint density at radius 2 is 1.67 bits per heavy atom. The van der Waals surface area contributed by atoms with E-state index in [4.69, 9.17) is 0 Å². The molecule has 0 bridgehead atoms. The molecule has 0 atom stereocenters. The molecule has 0 aliphatic carbocycles. The normalized spacial score (nSPS) is 15.9. The van der Waals surface area contributed by atoms with Crippen molar-refractivity contribution in [3.63, 3.8) is 0 Å². The fourth-order valence-corrected chi connectivity index (χ4v) is 5.30. The average Bonchev–Trinajstić information content (AvgIpc) is 2.72. The fraction of sp³-hybridized carbons (Fsp3) is 0.350. The summed E-state index contributed by atoms with van der Waals surface area (Å²) in [6.45, 7) is 2.46. The Morgan fingerprint density at radius 3 is 2.27 bits per heavy atom. The van der Waals surface area contributed by atoms with E-state index in [9.17, 15) is 26.4 Å². The van der Waals surface area contributed by atoms with Gasteiger partial charge in [0.1, 0.15) is 0 Å². The lowest BCUT2D eigenvalue weighted by Gasteiger charge is -2.34. The minimum atomic E-state index is -4.62. The molecule has 0 aromatic heterocycles. The van der Waals surface area contributed by atoms with Crippen LogP contribution in [0.2, 0.25) is 0 Å². The van der Waals surface area contributed by atoms with Crippen molar-refractivity contribution in [3.05, 3.63) is 59.7 Å². The SMILES string of the molecule is Cc1ccc(SCC(=O)N2CCN(S(=O)(=O)c3cccc(C(F)(F)F)c3)CC2)cc1. The lowest BCUT2D eigenvalue weighted by Crippen LogP contribution is -2.51. The summed E-state index contributed by atoms with van der Waals surface area (Å²) in [5, 5.41) is 0. The molecule has 3 rings (SSSR count). The highest BCUT2D eigenvalue weighted by molar-refractivity contribution is 8.00. The third-order valence-corrected chi connectivity index (χ3v) is 7.67. The van der Waals surface area contributed by atoms with Crippen LogP contribution in [0.3, 0.4) is 0 Å². The van der Waals surface area contributed by atoms with E-state index in [1.54, 1.807) is 4.90 Å². The van der Waals surface area contributed by atoms with Crippen molar-refractivity contribution in [2.45, 2.75) is 22.9 Å².